The molecular weight excluding hydrogens is 202 g/mol. The molecule has 0 aliphatic carbocycles. The maximum Gasteiger partial charge on any atom is 0.166 e. The van der Waals surface area contributed by atoms with Gasteiger partial charge in [0.1, 0.15) is 0 Å². The summed E-state index contributed by atoms with van der Waals surface area (Å²) in [5.74, 6) is 0.441. The van der Waals surface area contributed by atoms with Crippen LogP contribution in [0.3, 0.4) is 0 Å². The van der Waals surface area contributed by atoms with Gasteiger partial charge in [-0.25, -0.2) is 0 Å². The lowest BCUT2D eigenvalue weighted by molar-refractivity contribution is -0.132. The molecule has 0 amide bonds. The van der Waals surface area contributed by atoms with E-state index in [1.807, 2.05) is 6.92 Å². The molecule has 0 aromatic carbocycles. The topological polar surface area (TPSA) is 29.1 Å². The standard InChI is InChI=1S/C12H25NOSi/c1-8-12(10(14)9(2)13-12)15(6,7)11(3,4)5/h9,13H,8H2,1-7H3/t9-,12-/m1/s1. The minimum absolute atomic E-state index is 0.0686. The van der Waals surface area contributed by atoms with Crippen molar-refractivity contribution in [3.8, 4) is 0 Å². The summed E-state index contributed by atoms with van der Waals surface area (Å²) >= 11 is 0. The molecule has 0 aromatic heterocycles. The summed E-state index contributed by atoms with van der Waals surface area (Å²) in [6.45, 7) is 15.6. The van der Waals surface area contributed by atoms with E-state index in [0.29, 0.717) is 5.78 Å². The molecule has 0 unspecified atom stereocenters. The number of carbonyl (C=O) groups is 1. The molecule has 1 fully saturated rings. The molecule has 0 bridgehead atoms. The van der Waals surface area contributed by atoms with Crippen molar-refractivity contribution < 1.29 is 4.79 Å². The number of ketones is 1. The fraction of sp³-hybridized carbons (Fsp3) is 0.917. The van der Waals surface area contributed by atoms with Crippen LogP contribution in [-0.4, -0.2) is 25.1 Å². The molecule has 1 aliphatic heterocycles. The zero-order valence-corrected chi connectivity index (χ0v) is 12.2. The summed E-state index contributed by atoms with van der Waals surface area (Å²) in [7, 11) is -1.64. The third-order valence-corrected chi connectivity index (χ3v) is 11.4. The molecular formula is C12H25NOSi. The van der Waals surface area contributed by atoms with Crippen LogP contribution in [0, 0.1) is 0 Å². The molecule has 1 rings (SSSR count). The van der Waals surface area contributed by atoms with Crippen LogP contribution in [-0.2, 0) is 4.79 Å². The second kappa shape index (κ2) is 3.42. The van der Waals surface area contributed by atoms with Crippen molar-refractivity contribution in [2.24, 2.45) is 0 Å². The van der Waals surface area contributed by atoms with E-state index in [1.54, 1.807) is 0 Å². The second-order valence-electron chi connectivity index (χ2n) is 6.36. The molecule has 88 valence electrons. The van der Waals surface area contributed by atoms with Gasteiger partial charge in [-0.1, -0.05) is 40.8 Å². The van der Waals surface area contributed by atoms with E-state index in [1.165, 1.54) is 0 Å². The molecule has 1 aliphatic rings. The number of hydrogen-bond donors (Lipinski definition) is 1. The van der Waals surface area contributed by atoms with E-state index in [-0.39, 0.29) is 16.2 Å². The molecule has 0 saturated carbocycles. The Labute approximate surface area is 94.8 Å². The SMILES string of the molecule is CC[C@]1([Si](C)(C)C(C)(C)C)N[C@H](C)C1=O. The van der Waals surface area contributed by atoms with Crippen LogP contribution in [0.1, 0.15) is 41.0 Å². The van der Waals surface area contributed by atoms with Gasteiger partial charge in [0.15, 0.2) is 5.78 Å². The lowest BCUT2D eigenvalue weighted by Gasteiger charge is -2.58. The highest BCUT2D eigenvalue weighted by Gasteiger charge is 2.62. The van der Waals surface area contributed by atoms with Crippen LogP contribution in [0.5, 0.6) is 0 Å². The Morgan fingerprint density at radius 1 is 1.40 bits per heavy atom. The van der Waals surface area contributed by atoms with Gasteiger partial charge < -0.3 is 0 Å². The molecule has 1 saturated heterocycles. The number of carbonyl (C=O) groups excluding carboxylic acids is 1. The normalized spacial score (nSPS) is 32.7. The molecule has 0 spiro atoms. The van der Waals surface area contributed by atoms with Crippen LogP contribution in [0.2, 0.25) is 18.1 Å². The summed E-state index contributed by atoms with van der Waals surface area (Å²) in [6.07, 6.45) is 0.937. The van der Waals surface area contributed by atoms with Crippen LogP contribution in [0.4, 0.5) is 0 Å². The minimum Gasteiger partial charge on any atom is -0.298 e. The lowest BCUT2D eigenvalue weighted by atomic mass is 9.93. The first kappa shape index (κ1) is 12.9. The maximum atomic E-state index is 12.2. The first-order chi connectivity index (χ1) is 6.60. The predicted molar refractivity (Wildman–Crippen MR) is 67.8 cm³/mol. The van der Waals surface area contributed by atoms with E-state index in [9.17, 15) is 4.79 Å². The molecule has 3 heteroatoms. The van der Waals surface area contributed by atoms with Gasteiger partial charge >= 0.3 is 0 Å². The number of hydrogen-bond acceptors (Lipinski definition) is 2. The van der Waals surface area contributed by atoms with Crippen molar-refractivity contribution in [3.05, 3.63) is 0 Å². The summed E-state index contributed by atoms with van der Waals surface area (Å²) in [6, 6.07) is 0.0686. The average Bonchev–Trinajstić information content (AvgIpc) is 2.10. The lowest BCUT2D eigenvalue weighted by Crippen LogP contribution is -2.83. The number of nitrogens with one attached hydrogen (secondary N) is 1. The van der Waals surface area contributed by atoms with Gasteiger partial charge in [-0.2, -0.15) is 0 Å². The van der Waals surface area contributed by atoms with Crippen LogP contribution in [0.15, 0.2) is 0 Å². The van der Waals surface area contributed by atoms with Gasteiger partial charge in [-0.3, -0.25) is 10.1 Å². The van der Waals surface area contributed by atoms with Crippen molar-refractivity contribution in [2.75, 3.05) is 0 Å². The molecule has 0 radical (unpaired) electrons. The molecule has 2 nitrogen and oxygen atoms in total. The number of Topliss-reactive ketones (excluding diaryl/α,β-unsaturated/α-hetero) is 1. The first-order valence-corrected chi connectivity index (χ1v) is 8.92. The third kappa shape index (κ3) is 1.51. The Balaban J connectivity index is 3.09. The van der Waals surface area contributed by atoms with Crippen LogP contribution in [0.25, 0.3) is 0 Å². The Bertz CT molecular complexity index is 280. The zero-order valence-electron chi connectivity index (χ0n) is 11.2. The minimum atomic E-state index is -1.64. The highest BCUT2D eigenvalue weighted by atomic mass is 28.3. The Kier molecular flexibility index (Phi) is 2.95. The van der Waals surface area contributed by atoms with E-state index >= 15 is 0 Å². The van der Waals surface area contributed by atoms with Gasteiger partial charge in [-0.15, -0.1) is 0 Å². The average molecular weight is 227 g/mol. The van der Waals surface area contributed by atoms with E-state index in [4.69, 9.17) is 0 Å². The largest absolute Gasteiger partial charge is 0.298 e. The molecule has 2 atom stereocenters. The summed E-state index contributed by atoms with van der Waals surface area (Å²) in [5, 5.41) is 3.59. The second-order valence-corrected chi connectivity index (χ2v) is 12.0. The van der Waals surface area contributed by atoms with Crippen LogP contribution >= 0.6 is 0 Å². The number of rotatable bonds is 2. The van der Waals surface area contributed by atoms with E-state index in [2.05, 4.69) is 46.1 Å². The van der Waals surface area contributed by atoms with Crippen LogP contribution < -0.4 is 5.32 Å². The van der Waals surface area contributed by atoms with E-state index in [0.717, 1.165) is 6.42 Å². The highest BCUT2D eigenvalue weighted by molar-refractivity contribution is 6.87. The van der Waals surface area contributed by atoms with Gasteiger partial charge in [0.2, 0.25) is 0 Å². The molecule has 1 N–H and O–H groups in total. The smallest absolute Gasteiger partial charge is 0.166 e. The Morgan fingerprint density at radius 3 is 2.07 bits per heavy atom. The van der Waals surface area contributed by atoms with Gasteiger partial charge in [-0.05, 0) is 18.4 Å². The van der Waals surface area contributed by atoms with Gasteiger partial charge in [0.25, 0.3) is 0 Å². The summed E-state index contributed by atoms with van der Waals surface area (Å²) < 4.78 is 0. The van der Waals surface area contributed by atoms with Crippen molar-refractivity contribution in [2.45, 2.75) is 70.4 Å². The summed E-state index contributed by atoms with van der Waals surface area (Å²) in [5.41, 5.74) is 0. The molecule has 0 aromatic rings. The van der Waals surface area contributed by atoms with Crippen molar-refractivity contribution in [1.29, 1.82) is 0 Å². The summed E-state index contributed by atoms with van der Waals surface area (Å²) in [4.78, 5) is 12.2. The zero-order chi connectivity index (χ0) is 12.1. The fourth-order valence-electron chi connectivity index (χ4n) is 2.64. The van der Waals surface area contributed by atoms with Crippen molar-refractivity contribution in [3.63, 3.8) is 0 Å². The van der Waals surface area contributed by atoms with Gasteiger partial charge in [0, 0.05) is 0 Å². The molecule has 15 heavy (non-hydrogen) atoms. The van der Waals surface area contributed by atoms with Crippen molar-refractivity contribution >= 4 is 13.9 Å². The monoisotopic (exact) mass is 227 g/mol. The third-order valence-electron chi connectivity index (χ3n) is 4.75. The quantitative estimate of drug-likeness (QED) is 0.735. The molecule has 1 heterocycles. The fourth-order valence-corrected chi connectivity index (χ4v) is 6.22. The first-order valence-electron chi connectivity index (χ1n) is 5.92. The Hall–Kier alpha value is -0.153. The van der Waals surface area contributed by atoms with E-state index < -0.39 is 8.07 Å². The Morgan fingerprint density at radius 2 is 1.87 bits per heavy atom. The highest BCUT2D eigenvalue weighted by Crippen LogP contribution is 2.47. The van der Waals surface area contributed by atoms with Crippen molar-refractivity contribution in [1.82, 2.24) is 5.32 Å². The maximum absolute atomic E-state index is 12.2. The predicted octanol–water partition coefficient (Wildman–Crippen LogP) is 2.74. The van der Waals surface area contributed by atoms with Gasteiger partial charge in [0.05, 0.1) is 19.3 Å².